The van der Waals surface area contributed by atoms with E-state index >= 15 is 0 Å². The Balaban J connectivity index is 1.23. The number of imide groups is 1. The monoisotopic (exact) mass is 458 g/mol. The van der Waals surface area contributed by atoms with Gasteiger partial charge in [-0.05, 0) is 55.5 Å². The van der Waals surface area contributed by atoms with Crippen LogP contribution in [0.5, 0.6) is 0 Å². The number of carbonyl (C=O) groups excluding carboxylic acids is 3. The van der Waals surface area contributed by atoms with Gasteiger partial charge in [0.25, 0.3) is 5.91 Å². The van der Waals surface area contributed by atoms with Gasteiger partial charge in [0.15, 0.2) is 4.47 Å². The molecule has 4 heterocycles. The molecular formula is C22H23ClN4O3S. The highest BCUT2D eigenvalue weighted by Crippen LogP contribution is 2.34. The molecule has 3 amide bonds. The number of amides is 3. The Hall–Kier alpha value is -2.29. The second kappa shape index (κ2) is 8.33. The zero-order valence-electron chi connectivity index (χ0n) is 17.0. The average molecular weight is 459 g/mol. The van der Waals surface area contributed by atoms with Crippen molar-refractivity contribution in [1.82, 2.24) is 20.1 Å². The quantitative estimate of drug-likeness (QED) is 0.712. The van der Waals surface area contributed by atoms with E-state index in [1.165, 1.54) is 21.8 Å². The van der Waals surface area contributed by atoms with Crippen molar-refractivity contribution in [3.63, 3.8) is 0 Å². The topological polar surface area (TPSA) is 82.6 Å². The number of hydrogen-bond acceptors (Lipinski definition) is 6. The molecule has 0 saturated carbocycles. The first-order chi connectivity index (χ1) is 15.0. The zero-order valence-corrected chi connectivity index (χ0v) is 18.5. The van der Waals surface area contributed by atoms with Crippen LogP contribution in [-0.2, 0) is 22.7 Å². The number of hydrogen-bond donors (Lipinski definition) is 1. The van der Waals surface area contributed by atoms with Crippen LogP contribution in [0.25, 0.3) is 0 Å². The number of halogens is 1. The first-order valence-corrected chi connectivity index (χ1v) is 11.8. The van der Waals surface area contributed by atoms with Gasteiger partial charge in [0, 0.05) is 36.1 Å². The Kier molecular flexibility index (Phi) is 5.54. The van der Waals surface area contributed by atoms with Gasteiger partial charge in [-0.15, -0.1) is 11.3 Å². The van der Waals surface area contributed by atoms with Crippen molar-refractivity contribution in [1.29, 1.82) is 0 Å². The molecule has 7 nitrogen and oxygen atoms in total. The third-order valence-corrected chi connectivity index (χ3v) is 7.61. The van der Waals surface area contributed by atoms with E-state index in [-0.39, 0.29) is 24.1 Å². The smallest absolute Gasteiger partial charge is 0.255 e. The maximum Gasteiger partial charge on any atom is 0.255 e. The highest BCUT2D eigenvalue weighted by Gasteiger charge is 2.39. The summed E-state index contributed by atoms with van der Waals surface area (Å²) in [6.07, 6.45) is 4.64. The molecule has 2 aromatic rings. The number of rotatable bonds is 4. The number of aromatic nitrogens is 1. The summed E-state index contributed by atoms with van der Waals surface area (Å²) in [5.41, 5.74) is 2.92. The fourth-order valence-electron chi connectivity index (χ4n) is 4.85. The lowest BCUT2D eigenvalue weighted by Gasteiger charge is -2.32. The predicted octanol–water partition coefficient (Wildman–Crippen LogP) is 2.94. The zero-order chi connectivity index (χ0) is 21.5. The molecule has 1 N–H and O–H groups in total. The number of likely N-dealkylation sites (tertiary alicyclic amines) is 1. The Morgan fingerprint density at radius 3 is 2.68 bits per heavy atom. The Labute approximate surface area is 189 Å². The van der Waals surface area contributed by atoms with Gasteiger partial charge < -0.3 is 4.90 Å². The molecule has 2 saturated heterocycles. The second-order valence-electron chi connectivity index (χ2n) is 8.45. The Morgan fingerprint density at radius 1 is 1.16 bits per heavy atom. The van der Waals surface area contributed by atoms with Gasteiger partial charge in [0.1, 0.15) is 6.04 Å². The number of piperidine rings is 2. The van der Waals surface area contributed by atoms with Gasteiger partial charge in [-0.3, -0.25) is 24.6 Å². The van der Waals surface area contributed by atoms with Crippen molar-refractivity contribution >= 4 is 40.7 Å². The van der Waals surface area contributed by atoms with Crippen LogP contribution >= 0.6 is 22.9 Å². The van der Waals surface area contributed by atoms with Gasteiger partial charge in [-0.25, -0.2) is 4.98 Å². The minimum Gasteiger partial charge on any atom is -0.322 e. The van der Waals surface area contributed by atoms with Crippen LogP contribution in [0.2, 0.25) is 4.47 Å². The van der Waals surface area contributed by atoms with E-state index in [4.69, 9.17) is 11.6 Å². The molecule has 1 aromatic carbocycles. The Bertz CT molecular complexity index is 1050. The number of nitrogens with zero attached hydrogens (tertiary/aromatic N) is 3. The molecular weight excluding hydrogens is 436 g/mol. The molecule has 1 aromatic heterocycles. The van der Waals surface area contributed by atoms with Crippen molar-refractivity contribution < 1.29 is 14.4 Å². The first kappa shape index (κ1) is 20.6. The van der Waals surface area contributed by atoms with Gasteiger partial charge in [0.05, 0.1) is 0 Å². The summed E-state index contributed by atoms with van der Waals surface area (Å²) >= 11 is 7.47. The molecule has 3 aliphatic heterocycles. The van der Waals surface area contributed by atoms with Crippen LogP contribution in [0.4, 0.5) is 0 Å². The number of carbonyl (C=O) groups is 3. The molecule has 162 valence electrons. The van der Waals surface area contributed by atoms with E-state index in [9.17, 15) is 14.4 Å². The standard InChI is InChI=1S/C22H23ClN4O3S/c23-22-24-10-16(31-22)12-26-7-5-13(6-8-26)14-1-2-17-15(9-14)11-27(21(17)30)18-3-4-19(28)25-20(18)29/h1-2,9-10,13,18H,3-8,11-12H2,(H,25,28,29). The maximum atomic E-state index is 12.9. The van der Waals surface area contributed by atoms with Crippen molar-refractivity contribution in [2.24, 2.45) is 0 Å². The molecule has 0 radical (unpaired) electrons. The fraction of sp³-hybridized carbons (Fsp3) is 0.455. The molecule has 2 fully saturated rings. The van der Waals surface area contributed by atoms with Crippen LogP contribution in [0, 0.1) is 0 Å². The van der Waals surface area contributed by atoms with Crippen molar-refractivity contribution in [3.8, 4) is 0 Å². The summed E-state index contributed by atoms with van der Waals surface area (Å²) in [5, 5.41) is 2.35. The maximum absolute atomic E-state index is 12.9. The summed E-state index contributed by atoms with van der Waals surface area (Å²) in [4.78, 5) is 45.9. The molecule has 3 aliphatic rings. The molecule has 1 unspecified atom stereocenters. The van der Waals surface area contributed by atoms with Crippen LogP contribution < -0.4 is 5.32 Å². The van der Waals surface area contributed by atoms with E-state index in [0.717, 1.165) is 38.0 Å². The van der Waals surface area contributed by atoms with Crippen molar-refractivity contribution in [2.75, 3.05) is 13.1 Å². The van der Waals surface area contributed by atoms with Gasteiger partial charge in [-0.1, -0.05) is 23.7 Å². The number of nitrogens with one attached hydrogen (secondary N) is 1. The van der Waals surface area contributed by atoms with Crippen molar-refractivity contribution in [2.45, 2.75) is 50.7 Å². The molecule has 31 heavy (non-hydrogen) atoms. The summed E-state index contributed by atoms with van der Waals surface area (Å²) in [6, 6.07) is 5.55. The fourth-order valence-corrected chi connectivity index (χ4v) is 5.87. The average Bonchev–Trinajstić information content (AvgIpc) is 3.31. The number of benzene rings is 1. The third kappa shape index (κ3) is 4.12. The summed E-state index contributed by atoms with van der Waals surface area (Å²) in [5.74, 6) is -0.287. The lowest BCUT2D eigenvalue weighted by molar-refractivity contribution is -0.136. The first-order valence-electron chi connectivity index (χ1n) is 10.6. The highest BCUT2D eigenvalue weighted by molar-refractivity contribution is 7.15. The second-order valence-corrected chi connectivity index (χ2v) is 10.1. The van der Waals surface area contributed by atoms with Crippen molar-refractivity contribution in [3.05, 3.63) is 50.4 Å². The Morgan fingerprint density at radius 2 is 1.97 bits per heavy atom. The highest BCUT2D eigenvalue weighted by atomic mass is 35.5. The lowest BCUT2D eigenvalue weighted by atomic mass is 9.88. The largest absolute Gasteiger partial charge is 0.322 e. The van der Waals surface area contributed by atoms with E-state index in [2.05, 4.69) is 27.3 Å². The SMILES string of the molecule is O=C1CCC(N2Cc3cc(C4CCN(Cc5cnc(Cl)s5)CC4)ccc3C2=O)C(=O)N1. The molecule has 1 atom stereocenters. The minimum absolute atomic E-state index is 0.117. The molecule has 0 aliphatic carbocycles. The van der Waals surface area contributed by atoms with E-state index in [1.54, 1.807) is 4.90 Å². The molecule has 5 rings (SSSR count). The summed E-state index contributed by atoms with van der Waals surface area (Å²) < 4.78 is 0.587. The lowest BCUT2D eigenvalue weighted by Crippen LogP contribution is -2.52. The molecule has 0 bridgehead atoms. The van der Waals surface area contributed by atoms with Crippen LogP contribution in [0.15, 0.2) is 24.4 Å². The van der Waals surface area contributed by atoms with E-state index < -0.39 is 6.04 Å². The third-order valence-electron chi connectivity index (χ3n) is 6.51. The predicted molar refractivity (Wildman–Crippen MR) is 117 cm³/mol. The van der Waals surface area contributed by atoms with Crippen LogP contribution in [0.3, 0.4) is 0 Å². The number of fused-ring (bicyclic) bond motifs is 1. The van der Waals surface area contributed by atoms with Crippen LogP contribution in [-0.4, -0.2) is 51.6 Å². The molecule has 0 spiro atoms. The normalized spacial score (nSPS) is 22.7. The summed E-state index contributed by atoms with van der Waals surface area (Å²) in [6.45, 7) is 3.34. The van der Waals surface area contributed by atoms with Gasteiger partial charge in [0.2, 0.25) is 11.8 Å². The minimum atomic E-state index is -0.565. The van der Waals surface area contributed by atoms with E-state index in [1.807, 2.05) is 12.3 Å². The summed E-state index contributed by atoms with van der Waals surface area (Å²) in [7, 11) is 0. The van der Waals surface area contributed by atoms with Crippen LogP contribution in [0.1, 0.15) is 58.0 Å². The van der Waals surface area contributed by atoms with E-state index in [0.29, 0.717) is 28.9 Å². The van der Waals surface area contributed by atoms with Gasteiger partial charge in [-0.2, -0.15) is 0 Å². The van der Waals surface area contributed by atoms with Gasteiger partial charge >= 0.3 is 0 Å². The molecule has 9 heteroatoms. The number of thiazole rings is 1.